The van der Waals surface area contributed by atoms with Gasteiger partial charge in [-0.1, -0.05) is 0 Å². The number of hydrogen-bond donors (Lipinski definition) is 1. The standard InChI is InChI=1S/C12H19N3O5S/c1-12(18)5-4-6-15(8-12)21(19,20)9-7-13(2)11(17)14(3)10(9)16/h7,18H,4-6,8H2,1-3H3. The lowest BCUT2D eigenvalue weighted by Gasteiger charge is -2.35. The SMILES string of the molecule is Cn1cc(S(=O)(=O)N2CCCC(C)(O)C2)c(=O)n(C)c1=O. The minimum atomic E-state index is -4.05. The number of piperidine rings is 1. The smallest absolute Gasteiger partial charge is 0.330 e. The zero-order valence-corrected chi connectivity index (χ0v) is 13.1. The highest BCUT2D eigenvalue weighted by Crippen LogP contribution is 2.24. The maximum atomic E-state index is 12.6. The summed E-state index contributed by atoms with van der Waals surface area (Å²) in [5.74, 6) is 0. The van der Waals surface area contributed by atoms with Crippen molar-refractivity contribution in [3.05, 3.63) is 27.0 Å². The van der Waals surface area contributed by atoms with Crippen LogP contribution in [0.25, 0.3) is 0 Å². The fourth-order valence-electron chi connectivity index (χ4n) is 2.47. The van der Waals surface area contributed by atoms with Gasteiger partial charge in [-0.25, -0.2) is 13.2 Å². The number of β-amino-alcohol motifs (C(OH)–C–C–N with tert-alkyl or cyclic N) is 1. The molecule has 0 aliphatic carbocycles. The molecule has 118 valence electrons. The van der Waals surface area contributed by atoms with Crippen LogP contribution in [0.15, 0.2) is 20.7 Å². The van der Waals surface area contributed by atoms with Gasteiger partial charge < -0.3 is 9.67 Å². The van der Waals surface area contributed by atoms with Crippen LogP contribution in [-0.4, -0.2) is 45.7 Å². The van der Waals surface area contributed by atoms with Crippen LogP contribution in [0.1, 0.15) is 19.8 Å². The van der Waals surface area contributed by atoms with Gasteiger partial charge in [-0.3, -0.25) is 9.36 Å². The Balaban J connectivity index is 2.56. The molecule has 1 unspecified atom stereocenters. The van der Waals surface area contributed by atoms with E-state index in [9.17, 15) is 23.1 Å². The fourth-order valence-corrected chi connectivity index (χ4v) is 4.22. The first-order chi connectivity index (χ1) is 9.56. The van der Waals surface area contributed by atoms with Gasteiger partial charge in [0.2, 0.25) is 10.0 Å². The highest BCUT2D eigenvalue weighted by molar-refractivity contribution is 7.89. The third kappa shape index (κ3) is 2.81. The van der Waals surface area contributed by atoms with E-state index in [1.54, 1.807) is 6.92 Å². The summed E-state index contributed by atoms with van der Waals surface area (Å²) in [6, 6.07) is 0. The Labute approximate surface area is 122 Å². The summed E-state index contributed by atoms with van der Waals surface area (Å²) in [4.78, 5) is 23.2. The van der Waals surface area contributed by atoms with Crippen LogP contribution in [0, 0.1) is 0 Å². The molecular formula is C12H19N3O5S. The van der Waals surface area contributed by atoms with Gasteiger partial charge in [0.1, 0.15) is 0 Å². The lowest BCUT2D eigenvalue weighted by Crippen LogP contribution is -2.50. The van der Waals surface area contributed by atoms with Gasteiger partial charge in [0, 0.05) is 33.4 Å². The molecule has 1 N–H and O–H groups in total. The molecule has 2 rings (SSSR count). The van der Waals surface area contributed by atoms with E-state index in [-0.39, 0.29) is 13.1 Å². The van der Waals surface area contributed by atoms with Crippen LogP contribution >= 0.6 is 0 Å². The maximum absolute atomic E-state index is 12.6. The molecule has 9 heteroatoms. The molecule has 0 radical (unpaired) electrons. The molecule has 0 amide bonds. The molecule has 1 aromatic heterocycles. The molecule has 0 saturated carbocycles. The van der Waals surface area contributed by atoms with E-state index in [1.165, 1.54) is 14.1 Å². The molecule has 8 nitrogen and oxygen atoms in total. The summed E-state index contributed by atoms with van der Waals surface area (Å²) >= 11 is 0. The molecule has 2 heterocycles. The fraction of sp³-hybridized carbons (Fsp3) is 0.667. The molecule has 21 heavy (non-hydrogen) atoms. The van der Waals surface area contributed by atoms with Crippen molar-refractivity contribution in [2.24, 2.45) is 14.1 Å². The van der Waals surface area contributed by atoms with Gasteiger partial charge in [0.05, 0.1) is 5.60 Å². The van der Waals surface area contributed by atoms with E-state index in [0.29, 0.717) is 12.8 Å². The lowest BCUT2D eigenvalue weighted by atomic mass is 9.97. The van der Waals surface area contributed by atoms with Crippen LogP contribution in [0.2, 0.25) is 0 Å². The summed E-state index contributed by atoms with van der Waals surface area (Å²) in [5.41, 5.74) is -2.56. The highest BCUT2D eigenvalue weighted by Gasteiger charge is 2.37. The van der Waals surface area contributed by atoms with E-state index >= 15 is 0 Å². The highest BCUT2D eigenvalue weighted by atomic mass is 32.2. The molecule has 0 spiro atoms. The molecule has 1 saturated heterocycles. The first-order valence-corrected chi connectivity index (χ1v) is 7.99. The van der Waals surface area contributed by atoms with Crippen molar-refractivity contribution in [2.45, 2.75) is 30.3 Å². The van der Waals surface area contributed by atoms with Gasteiger partial charge in [-0.05, 0) is 19.8 Å². The number of hydrogen-bond acceptors (Lipinski definition) is 5. The minimum Gasteiger partial charge on any atom is -0.389 e. The van der Waals surface area contributed by atoms with Gasteiger partial charge >= 0.3 is 5.69 Å². The van der Waals surface area contributed by atoms with Crippen molar-refractivity contribution in [1.82, 2.24) is 13.4 Å². The predicted octanol–water partition coefficient (Wildman–Crippen LogP) is -1.38. The number of nitrogens with zero attached hydrogens (tertiary/aromatic N) is 3. The van der Waals surface area contributed by atoms with Crippen molar-refractivity contribution in [2.75, 3.05) is 13.1 Å². The van der Waals surface area contributed by atoms with Gasteiger partial charge in [-0.2, -0.15) is 4.31 Å². The summed E-state index contributed by atoms with van der Waals surface area (Å²) in [5, 5.41) is 10.0. The summed E-state index contributed by atoms with van der Waals surface area (Å²) in [6.45, 7) is 1.74. The topological polar surface area (TPSA) is 102 Å². The third-order valence-corrected chi connectivity index (χ3v) is 5.50. The van der Waals surface area contributed by atoms with E-state index < -0.39 is 31.8 Å². The van der Waals surface area contributed by atoms with E-state index in [0.717, 1.165) is 19.6 Å². The normalized spacial score (nSPS) is 24.2. The van der Waals surface area contributed by atoms with Crippen molar-refractivity contribution in [3.8, 4) is 0 Å². The van der Waals surface area contributed by atoms with Crippen molar-refractivity contribution in [3.63, 3.8) is 0 Å². The molecule has 0 bridgehead atoms. The van der Waals surface area contributed by atoms with E-state index in [4.69, 9.17) is 0 Å². The Morgan fingerprint density at radius 3 is 2.48 bits per heavy atom. The molecule has 1 aliphatic heterocycles. The van der Waals surface area contributed by atoms with Crippen LogP contribution in [0.4, 0.5) is 0 Å². The monoisotopic (exact) mass is 317 g/mol. The summed E-state index contributed by atoms with van der Waals surface area (Å²) in [7, 11) is -1.43. The van der Waals surface area contributed by atoms with Crippen LogP contribution in [0.5, 0.6) is 0 Å². The third-order valence-electron chi connectivity index (χ3n) is 3.67. The van der Waals surface area contributed by atoms with Crippen LogP contribution in [-0.2, 0) is 24.1 Å². The molecule has 1 aromatic rings. The zero-order chi connectivity index (χ0) is 16.0. The molecule has 1 fully saturated rings. The number of rotatable bonds is 2. The van der Waals surface area contributed by atoms with E-state index in [1.807, 2.05) is 0 Å². The number of aliphatic hydroxyl groups is 1. The quantitative estimate of drug-likeness (QED) is 0.724. The van der Waals surface area contributed by atoms with Gasteiger partial charge in [0.15, 0.2) is 4.90 Å². The molecule has 1 aliphatic rings. The zero-order valence-electron chi connectivity index (χ0n) is 12.2. The van der Waals surface area contributed by atoms with E-state index in [2.05, 4.69) is 0 Å². The number of aryl methyl sites for hydroxylation is 1. The lowest BCUT2D eigenvalue weighted by molar-refractivity contribution is 0.00936. The number of aromatic nitrogens is 2. The second-order valence-electron chi connectivity index (χ2n) is 5.69. The first-order valence-electron chi connectivity index (χ1n) is 6.55. The second-order valence-corrected chi connectivity index (χ2v) is 7.60. The minimum absolute atomic E-state index is 0.0681. The van der Waals surface area contributed by atoms with Gasteiger partial charge in [-0.15, -0.1) is 0 Å². The first kappa shape index (κ1) is 15.9. The van der Waals surface area contributed by atoms with Crippen LogP contribution in [0.3, 0.4) is 0 Å². The average Bonchev–Trinajstić information content (AvgIpc) is 2.39. The van der Waals surface area contributed by atoms with Crippen LogP contribution < -0.4 is 11.2 Å². The predicted molar refractivity (Wildman–Crippen MR) is 75.5 cm³/mol. The summed E-state index contributed by atoms with van der Waals surface area (Å²) in [6.07, 6.45) is 2.05. The Morgan fingerprint density at radius 1 is 1.29 bits per heavy atom. The largest absolute Gasteiger partial charge is 0.389 e. The molecular weight excluding hydrogens is 298 g/mol. The second kappa shape index (κ2) is 5.08. The van der Waals surface area contributed by atoms with Crippen molar-refractivity contribution < 1.29 is 13.5 Å². The van der Waals surface area contributed by atoms with Crippen molar-refractivity contribution >= 4 is 10.0 Å². The average molecular weight is 317 g/mol. The Hall–Kier alpha value is -1.45. The Kier molecular flexibility index (Phi) is 3.85. The Morgan fingerprint density at radius 2 is 1.90 bits per heavy atom. The summed E-state index contributed by atoms with van der Waals surface area (Å²) < 4.78 is 28.1. The Bertz CT molecular complexity index is 775. The maximum Gasteiger partial charge on any atom is 0.330 e. The van der Waals surface area contributed by atoms with Crippen molar-refractivity contribution in [1.29, 1.82) is 0 Å². The number of sulfonamides is 1. The van der Waals surface area contributed by atoms with Gasteiger partial charge in [0.25, 0.3) is 5.56 Å². The molecule has 1 atom stereocenters. The molecule has 0 aromatic carbocycles.